The molecule has 142 valence electrons. The molecule has 1 amide bonds. The lowest BCUT2D eigenvalue weighted by Crippen LogP contribution is -2.26. The molecule has 28 heavy (non-hydrogen) atoms. The lowest BCUT2D eigenvalue weighted by atomic mass is 9.99. The van der Waals surface area contributed by atoms with Gasteiger partial charge in [0.15, 0.2) is 0 Å². The number of hydrogen-bond acceptors (Lipinski definition) is 4. The molecule has 1 unspecified atom stereocenters. The number of carbonyl (C=O) groups is 1. The second-order valence-electron chi connectivity index (χ2n) is 6.72. The lowest BCUT2D eigenvalue weighted by molar-refractivity contribution is -0.118. The van der Waals surface area contributed by atoms with Crippen molar-refractivity contribution in [2.75, 3.05) is 12.4 Å². The van der Waals surface area contributed by atoms with Crippen molar-refractivity contribution in [3.63, 3.8) is 0 Å². The molecule has 0 saturated heterocycles. The third-order valence-electron chi connectivity index (χ3n) is 4.76. The molecule has 6 nitrogen and oxygen atoms in total. The summed E-state index contributed by atoms with van der Waals surface area (Å²) in [5.74, 6) is -0.760. The molecular formula is C22H21N3O3. The number of nitrogens with one attached hydrogen (secondary N) is 2. The first-order valence-corrected chi connectivity index (χ1v) is 8.89. The Morgan fingerprint density at radius 3 is 2.57 bits per heavy atom. The number of nitriles is 1. The highest BCUT2D eigenvalue weighted by Crippen LogP contribution is 2.22. The molecule has 2 N–H and O–H groups in total. The monoisotopic (exact) mass is 375 g/mol. The van der Waals surface area contributed by atoms with Gasteiger partial charge in [-0.15, -0.1) is 0 Å². The average Bonchev–Trinajstić information content (AvgIpc) is 2.68. The number of para-hydroxylation sites is 1. The number of aromatic nitrogens is 1. The van der Waals surface area contributed by atoms with Gasteiger partial charge in [-0.05, 0) is 48.6 Å². The van der Waals surface area contributed by atoms with Crippen molar-refractivity contribution in [3.8, 4) is 11.8 Å². The number of methoxy groups -OCH3 is 1. The molecule has 1 atom stereocenters. The fourth-order valence-corrected chi connectivity index (χ4v) is 3.14. The summed E-state index contributed by atoms with van der Waals surface area (Å²) in [4.78, 5) is 27.9. The molecule has 0 spiro atoms. The van der Waals surface area contributed by atoms with Gasteiger partial charge in [-0.25, -0.2) is 0 Å². The maximum atomic E-state index is 12.6. The minimum absolute atomic E-state index is 0.0323. The van der Waals surface area contributed by atoms with E-state index in [1.54, 1.807) is 25.3 Å². The Morgan fingerprint density at radius 1 is 1.21 bits per heavy atom. The number of rotatable bonds is 5. The SMILES string of the molecule is COc1ccc2cc(CC(C#N)C(=O)Nc3c(C)cccc3C)c(=O)[nH]c2c1. The van der Waals surface area contributed by atoms with Gasteiger partial charge in [0.05, 0.1) is 18.7 Å². The van der Waals surface area contributed by atoms with Crippen LogP contribution in [0.4, 0.5) is 5.69 Å². The lowest BCUT2D eigenvalue weighted by Gasteiger charge is -2.14. The quantitative estimate of drug-likeness (QED) is 0.714. The van der Waals surface area contributed by atoms with Crippen LogP contribution in [0.15, 0.2) is 47.3 Å². The van der Waals surface area contributed by atoms with Gasteiger partial charge in [-0.3, -0.25) is 9.59 Å². The van der Waals surface area contributed by atoms with Crippen LogP contribution in [0, 0.1) is 31.1 Å². The molecular weight excluding hydrogens is 354 g/mol. The number of aromatic amines is 1. The van der Waals surface area contributed by atoms with Crippen molar-refractivity contribution in [1.82, 2.24) is 4.98 Å². The summed E-state index contributed by atoms with van der Waals surface area (Å²) in [5.41, 5.74) is 3.25. The number of carbonyl (C=O) groups excluding carboxylic acids is 1. The minimum Gasteiger partial charge on any atom is -0.497 e. The minimum atomic E-state index is -0.976. The molecule has 0 fully saturated rings. The van der Waals surface area contributed by atoms with Crippen molar-refractivity contribution < 1.29 is 9.53 Å². The van der Waals surface area contributed by atoms with Gasteiger partial charge in [0.1, 0.15) is 11.7 Å². The highest BCUT2D eigenvalue weighted by atomic mass is 16.5. The van der Waals surface area contributed by atoms with Gasteiger partial charge in [0.2, 0.25) is 5.91 Å². The summed E-state index contributed by atoms with van der Waals surface area (Å²) in [6, 6.07) is 14.8. The van der Waals surface area contributed by atoms with E-state index in [0.717, 1.165) is 16.5 Å². The Labute approximate surface area is 162 Å². The zero-order valence-electron chi connectivity index (χ0n) is 16.0. The second-order valence-corrected chi connectivity index (χ2v) is 6.72. The van der Waals surface area contributed by atoms with Gasteiger partial charge in [-0.1, -0.05) is 18.2 Å². The number of fused-ring (bicyclic) bond motifs is 1. The van der Waals surface area contributed by atoms with Crippen LogP contribution < -0.4 is 15.6 Å². The third kappa shape index (κ3) is 3.89. The van der Waals surface area contributed by atoms with E-state index >= 15 is 0 Å². The molecule has 1 aromatic heterocycles. The first-order chi connectivity index (χ1) is 13.4. The molecule has 0 saturated carbocycles. The number of ether oxygens (including phenoxy) is 1. The Morgan fingerprint density at radius 2 is 1.93 bits per heavy atom. The molecule has 0 bridgehead atoms. The van der Waals surface area contributed by atoms with E-state index in [-0.39, 0.29) is 12.0 Å². The first kappa shape index (κ1) is 19.2. The summed E-state index contributed by atoms with van der Waals surface area (Å²) >= 11 is 0. The van der Waals surface area contributed by atoms with Crippen molar-refractivity contribution in [2.45, 2.75) is 20.3 Å². The molecule has 2 aromatic carbocycles. The number of nitrogens with zero attached hydrogens (tertiary/aromatic N) is 1. The fourth-order valence-electron chi connectivity index (χ4n) is 3.14. The predicted molar refractivity (Wildman–Crippen MR) is 108 cm³/mol. The van der Waals surface area contributed by atoms with Crippen molar-refractivity contribution in [2.24, 2.45) is 5.92 Å². The number of H-pyrrole nitrogens is 1. The summed E-state index contributed by atoms with van der Waals surface area (Å²) < 4.78 is 5.16. The second kappa shape index (κ2) is 7.97. The number of hydrogen-bond donors (Lipinski definition) is 2. The van der Waals surface area contributed by atoms with Crippen LogP contribution in [0.3, 0.4) is 0 Å². The molecule has 0 radical (unpaired) electrons. The zero-order chi connectivity index (χ0) is 20.3. The number of amides is 1. The highest BCUT2D eigenvalue weighted by molar-refractivity contribution is 5.95. The van der Waals surface area contributed by atoms with Crippen LogP contribution in [0.1, 0.15) is 16.7 Å². The standard InChI is InChI=1S/C22H21N3O3/c1-13-5-4-6-14(2)20(13)25-22(27)17(12-23)10-16-9-15-7-8-18(28-3)11-19(15)24-21(16)26/h4-9,11,17H,10H2,1-3H3,(H,24,26)(H,25,27). The van der Waals surface area contributed by atoms with Crippen LogP contribution >= 0.6 is 0 Å². The molecule has 0 aliphatic rings. The van der Waals surface area contributed by atoms with Gasteiger partial charge >= 0.3 is 0 Å². The van der Waals surface area contributed by atoms with E-state index in [1.165, 1.54) is 0 Å². The summed E-state index contributed by atoms with van der Waals surface area (Å²) in [5, 5.41) is 13.1. The average molecular weight is 375 g/mol. The summed E-state index contributed by atoms with van der Waals surface area (Å²) in [6.07, 6.45) is 0.0323. The Kier molecular flexibility index (Phi) is 5.46. The first-order valence-electron chi connectivity index (χ1n) is 8.89. The van der Waals surface area contributed by atoms with Crippen LogP contribution in [-0.2, 0) is 11.2 Å². The van der Waals surface area contributed by atoms with Crippen molar-refractivity contribution in [3.05, 3.63) is 69.5 Å². The third-order valence-corrected chi connectivity index (χ3v) is 4.76. The van der Waals surface area contributed by atoms with Gasteiger partial charge < -0.3 is 15.0 Å². The predicted octanol–water partition coefficient (Wildman–Crippen LogP) is 3.47. The largest absolute Gasteiger partial charge is 0.497 e. The summed E-state index contributed by atoms with van der Waals surface area (Å²) in [7, 11) is 1.56. The van der Waals surface area contributed by atoms with E-state index in [2.05, 4.69) is 10.3 Å². The fraction of sp³-hybridized carbons (Fsp3) is 0.227. The Hall–Kier alpha value is -3.59. The number of aryl methyl sites for hydroxylation is 2. The highest BCUT2D eigenvalue weighted by Gasteiger charge is 2.21. The smallest absolute Gasteiger partial charge is 0.251 e. The van der Waals surface area contributed by atoms with Crippen LogP contribution in [0.2, 0.25) is 0 Å². The molecule has 0 aliphatic heterocycles. The van der Waals surface area contributed by atoms with E-state index in [0.29, 0.717) is 22.5 Å². The maximum absolute atomic E-state index is 12.6. The van der Waals surface area contributed by atoms with Crippen molar-refractivity contribution in [1.29, 1.82) is 5.26 Å². The summed E-state index contributed by atoms with van der Waals surface area (Å²) in [6.45, 7) is 3.79. The van der Waals surface area contributed by atoms with E-state index < -0.39 is 11.8 Å². The van der Waals surface area contributed by atoms with E-state index in [9.17, 15) is 14.9 Å². The topological polar surface area (TPSA) is 95.0 Å². The maximum Gasteiger partial charge on any atom is 0.251 e. The molecule has 3 rings (SSSR count). The molecule has 1 heterocycles. The normalized spacial score (nSPS) is 11.6. The zero-order valence-corrected chi connectivity index (χ0v) is 16.0. The van der Waals surface area contributed by atoms with Crippen molar-refractivity contribution >= 4 is 22.5 Å². The molecule has 6 heteroatoms. The van der Waals surface area contributed by atoms with Gasteiger partial charge in [-0.2, -0.15) is 5.26 Å². The molecule has 0 aliphatic carbocycles. The van der Waals surface area contributed by atoms with Gasteiger partial charge in [0.25, 0.3) is 5.56 Å². The molecule has 3 aromatic rings. The number of anilines is 1. The van der Waals surface area contributed by atoms with Crippen LogP contribution in [0.25, 0.3) is 10.9 Å². The Balaban J connectivity index is 1.86. The Bertz CT molecular complexity index is 1120. The van der Waals surface area contributed by atoms with E-state index in [1.807, 2.05) is 44.2 Å². The number of benzene rings is 2. The number of pyridine rings is 1. The van der Waals surface area contributed by atoms with Gasteiger partial charge in [0, 0.05) is 23.7 Å². The van der Waals surface area contributed by atoms with Crippen LogP contribution in [0.5, 0.6) is 5.75 Å². The van der Waals surface area contributed by atoms with Crippen LogP contribution in [-0.4, -0.2) is 18.0 Å². The van der Waals surface area contributed by atoms with E-state index in [4.69, 9.17) is 4.74 Å².